The van der Waals surface area contributed by atoms with Crippen molar-refractivity contribution >= 4 is 37.3 Å². The topological polar surface area (TPSA) is 96.2 Å². The molecule has 1 amide bonds. The third-order valence-electron chi connectivity index (χ3n) is 4.36. The van der Waals surface area contributed by atoms with E-state index in [-0.39, 0.29) is 4.90 Å². The number of nitrogens with zero attached hydrogens (tertiary/aromatic N) is 2. The van der Waals surface area contributed by atoms with Gasteiger partial charge in [-0.1, -0.05) is 11.3 Å². The summed E-state index contributed by atoms with van der Waals surface area (Å²) in [6.07, 6.45) is 0. The van der Waals surface area contributed by atoms with Gasteiger partial charge in [0.1, 0.15) is 17.3 Å². The first-order valence-electron chi connectivity index (χ1n) is 8.98. The first-order valence-corrected chi connectivity index (χ1v) is 11.5. The zero-order chi connectivity index (χ0) is 21.7. The predicted octanol–water partition coefficient (Wildman–Crippen LogP) is 2.27. The van der Waals surface area contributed by atoms with Gasteiger partial charge in [0.05, 0.1) is 35.9 Å². The molecule has 0 bridgehead atoms. The minimum atomic E-state index is -3.82. The molecule has 2 aromatic carbocycles. The Kier molecular flexibility index (Phi) is 6.91. The molecule has 0 saturated carbocycles. The SMILES string of the molecule is COCCn1c(=NC(=O)CS(=O)(=O)c2ccc(OC)cc2)sc2cc(OC)ccc21. The van der Waals surface area contributed by atoms with Gasteiger partial charge in [-0.25, -0.2) is 8.42 Å². The first-order chi connectivity index (χ1) is 14.4. The van der Waals surface area contributed by atoms with Gasteiger partial charge < -0.3 is 18.8 Å². The summed E-state index contributed by atoms with van der Waals surface area (Å²) in [4.78, 5) is 17.1. The maximum atomic E-state index is 12.6. The minimum Gasteiger partial charge on any atom is -0.497 e. The summed E-state index contributed by atoms with van der Waals surface area (Å²) in [5.74, 6) is -0.246. The molecule has 0 unspecified atom stereocenters. The molecule has 1 aromatic heterocycles. The molecule has 0 saturated heterocycles. The van der Waals surface area contributed by atoms with Crippen molar-refractivity contribution in [3.63, 3.8) is 0 Å². The number of ether oxygens (including phenoxy) is 3. The van der Waals surface area contributed by atoms with Gasteiger partial charge in [-0.2, -0.15) is 4.99 Å². The number of hydrogen-bond donors (Lipinski definition) is 0. The zero-order valence-electron chi connectivity index (χ0n) is 16.8. The third kappa shape index (κ3) is 4.89. The summed E-state index contributed by atoms with van der Waals surface area (Å²) in [5, 5.41) is 0. The van der Waals surface area contributed by atoms with Gasteiger partial charge in [0.15, 0.2) is 14.6 Å². The second kappa shape index (κ2) is 9.41. The molecule has 1 heterocycles. The number of sulfone groups is 1. The fourth-order valence-corrected chi connectivity index (χ4v) is 5.04. The minimum absolute atomic E-state index is 0.0418. The molecule has 3 aromatic rings. The molecule has 0 aliphatic rings. The normalized spacial score (nSPS) is 12.3. The maximum absolute atomic E-state index is 12.6. The Hall–Kier alpha value is -2.69. The van der Waals surface area contributed by atoms with E-state index in [2.05, 4.69) is 4.99 Å². The van der Waals surface area contributed by atoms with E-state index in [0.717, 1.165) is 10.2 Å². The Morgan fingerprint density at radius 1 is 1.03 bits per heavy atom. The van der Waals surface area contributed by atoms with Crippen LogP contribution in [-0.2, 0) is 25.9 Å². The summed E-state index contributed by atoms with van der Waals surface area (Å²) in [6, 6.07) is 11.4. The number of benzene rings is 2. The molecule has 0 spiro atoms. The lowest BCUT2D eigenvalue weighted by atomic mass is 10.3. The Bertz CT molecular complexity index is 1210. The molecule has 0 aliphatic carbocycles. The van der Waals surface area contributed by atoms with E-state index >= 15 is 0 Å². The molecule has 0 aliphatic heterocycles. The average molecular weight is 451 g/mol. The van der Waals surface area contributed by atoms with Crippen LogP contribution in [0.1, 0.15) is 0 Å². The van der Waals surface area contributed by atoms with Crippen LogP contribution in [-0.4, -0.2) is 52.6 Å². The lowest BCUT2D eigenvalue weighted by Crippen LogP contribution is -2.22. The standard InChI is InChI=1S/C20H22N2O6S2/c1-26-11-10-22-17-9-6-15(28-3)12-18(17)29-20(22)21-19(23)13-30(24,25)16-7-4-14(27-2)5-8-16/h4-9,12H,10-11,13H2,1-3H3. The van der Waals surface area contributed by atoms with E-state index < -0.39 is 21.5 Å². The average Bonchev–Trinajstić information content (AvgIpc) is 3.07. The van der Waals surface area contributed by atoms with Gasteiger partial charge in [0.2, 0.25) is 0 Å². The number of carbonyl (C=O) groups excluding carboxylic acids is 1. The summed E-state index contributed by atoms with van der Waals surface area (Å²) in [7, 11) is 0.829. The van der Waals surface area contributed by atoms with Crippen LogP contribution < -0.4 is 14.3 Å². The Balaban J connectivity index is 1.94. The second-order valence-electron chi connectivity index (χ2n) is 6.30. The summed E-state index contributed by atoms with van der Waals surface area (Å²) < 4.78 is 43.3. The van der Waals surface area contributed by atoms with Gasteiger partial charge in [-0.3, -0.25) is 4.79 Å². The van der Waals surface area contributed by atoms with Gasteiger partial charge in [-0.05, 0) is 42.5 Å². The fourth-order valence-electron chi connectivity index (χ4n) is 2.83. The molecule has 30 heavy (non-hydrogen) atoms. The van der Waals surface area contributed by atoms with Crippen molar-refractivity contribution in [2.75, 3.05) is 33.7 Å². The van der Waals surface area contributed by atoms with Crippen molar-refractivity contribution in [1.82, 2.24) is 4.57 Å². The van der Waals surface area contributed by atoms with E-state index in [4.69, 9.17) is 14.2 Å². The monoisotopic (exact) mass is 450 g/mol. The molecule has 3 rings (SSSR count). The maximum Gasteiger partial charge on any atom is 0.263 e. The Morgan fingerprint density at radius 3 is 2.33 bits per heavy atom. The molecular weight excluding hydrogens is 428 g/mol. The highest BCUT2D eigenvalue weighted by molar-refractivity contribution is 7.92. The van der Waals surface area contributed by atoms with E-state index in [1.54, 1.807) is 14.2 Å². The molecule has 8 nitrogen and oxygen atoms in total. The molecule has 160 valence electrons. The largest absolute Gasteiger partial charge is 0.497 e. The summed E-state index contributed by atoms with van der Waals surface area (Å²) in [5.41, 5.74) is 0.863. The summed E-state index contributed by atoms with van der Waals surface area (Å²) in [6.45, 7) is 0.892. The van der Waals surface area contributed by atoms with E-state index in [9.17, 15) is 13.2 Å². The van der Waals surface area contributed by atoms with E-state index in [1.165, 1.54) is 42.7 Å². The van der Waals surface area contributed by atoms with Crippen molar-refractivity contribution in [3.05, 3.63) is 47.3 Å². The zero-order valence-corrected chi connectivity index (χ0v) is 18.5. The number of fused-ring (bicyclic) bond motifs is 1. The molecule has 0 N–H and O–H groups in total. The van der Waals surface area contributed by atoms with Crippen molar-refractivity contribution in [1.29, 1.82) is 0 Å². The van der Waals surface area contributed by atoms with Crippen molar-refractivity contribution in [3.8, 4) is 11.5 Å². The highest BCUT2D eigenvalue weighted by Gasteiger charge is 2.20. The van der Waals surface area contributed by atoms with E-state index in [1.807, 2.05) is 22.8 Å². The van der Waals surface area contributed by atoms with Crippen LogP contribution in [0.15, 0.2) is 52.4 Å². The highest BCUT2D eigenvalue weighted by atomic mass is 32.2. The van der Waals surface area contributed by atoms with Crippen molar-refractivity contribution < 1.29 is 27.4 Å². The fraction of sp³-hybridized carbons (Fsp3) is 0.300. The number of rotatable bonds is 8. The van der Waals surface area contributed by atoms with Crippen LogP contribution in [0, 0.1) is 0 Å². The Labute approximate surface area is 178 Å². The van der Waals surface area contributed by atoms with Crippen LogP contribution in [0.25, 0.3) is 10.2 Å². The second-order valence-corrected chi connectivity index (χ2v) is 9.30. The van der Waals surface area contributed by atoms with Crippen molar-refractivity contribution in [2.24, 2.45) is 4.99 Å². The Morgan fingerprint density at radius 2 is 1.70 bits per heavy atom. The van der Waals surface area contributed by atoms with Crippen LogP contribution in [0.3, 0.4) is 0 Å². The van der Waals surface area contributed by atoms with Crippen LogP contribution in [0.5, 0.6) is 11.5 Å². The smallest absolute Gasteiger partial charge is 0.263 e. The highest BCUT2D eigenvalue weighted by Crippen LogP contribution is 2.23. The first kappa shape index (κ1) is 22.0. The van der Waals surface area contributed by atoms with Crippen LogP contribution in [0.4, 0.5) is 0 Å². The molecule has 0 radical (unpaired) electrons. The molecule has 0 atom stereocenters. The number of aromatic nitrogens is 1. The van der Waals surface area contributed by atoms with Crippen molar-refractivity contribution in [2.45, 2.75) is 11.4 Å². The molecular formula is C20H22N2O6S2. The number of methoxy groups -OCH3 is 3. The van der Waals surface area contributed by atoms with Gasteiger partial charge >= 0.3 is 0 Å². The molecule has 10 heteroatoms. The number of amides is 1. The lowest BCUT2D eigenvalue weighted by Gasteiger charge is -2.05. The third-order valence-corrected chi connectivity index (χ3v) is 7.02. The van der Waals surface area contributed by atoms with Gasteiger partial charge in [0.25, 0.3) is 5.91 Å². The summed E-state index contributed by atoms with van der Waals surface area (Å²) >= 11 is 1.29. The molecule has 0 fully saturated rings. The predicted molar refractivity (Wildman–Crippen MR) is 114 cm³/mol. The van der Waals surface area contributed by atoms with E-state index in [0.29, 0.717) is 29.5 Å². The number of thiazole rings is 1. The lowest BCUT2D eigenvalue weighted by molar-refractivity contribution is -0.115. The number of hydrogen-bond acceptors (Lipinski definition) is 7. The quantitative estimate of drug-likeness (QED) is 0.522. The van der Waals surface area contributed by atoms with Gasteiger partial charge in [0, 0.05) is 13.7 Å². The van der Waals surface area contributed by atoms with Crippen LogP contribution in [0.2, 0.25) is 0 Å². The van der Waals surface area contributed by atoms with Crippen LogP contribution >= 0.6 is 11.3 Å². The number of carbonyl (C=O) groups is 1. The van der Waals surface area contributed by atoms with Gasteiger partial charge in [-0.15, -0.1) is 0 Å².